The maximum atomic E-state index is 12.3. The van der Waals surface area contributed by atoms with Crippen LogP contribution in [0.2, 0.25) is 0 Å². The van der Waals surface area contributed by atoms with Crippen LogP contribution < -0.4 is 11.1 Å². The first-order valence-corrected chi connectivity index (χ1v) is 11.1. The van der Waals surface area contributed by atoms with Gasteiger partial charge in [-0.15, -0.1) is 22.0 Å². The van der Waals surface area contributed by atoms with Crippen LogP contribution in [-0.4, -0.2) is 38.6 Å². The second-order valence-electron chi connectivity index (χ2n) is 6.33. The summed E-state index contributed by atoms with van der Waals surface area (Å²) >= 11 is 3.08. The average molecular weight is 406 g/mol. The Morgan fingerprint density at radius 1 is 1.26 bits per heavy atom. The van der Waals surface area contributed by atoms with E-state index in [0.717, 1.165) is 34.4 Å². The van der Waals surface area contributed by atoms with Crippen molar-refractivity contribution in [3.05, 3.63) is 30.1 Å². The summed E-state index contributed by atoms with van der Waals surface area (Å²) in [6.07, 6.45) is 4.83. The summed E-state index contributed by atoms with van der Waals surface area (Å²) in [6.45, 7) is 0.490. The molecule has 7 nitrogen and oxygen atoms in total. The zero-order chi connectivity index (χ0) is 19.2. The van der Waals surface area contributed by atoms with Gasteiger partial charge in [-0.1, -0.05) is 23.9 Å². The number of benzene rings is 1. The Kier molecular flexibility index (Phi) is 6.78. The number of thioether (sulfide) groups is 2. The Morgan fingerprint density at radius 3 is 2.74 bits per heavy atom. The zero-order valence-corrected chi connectivity index (χ0v) is 16.8. The minimum atomic E-state index is -0.340. The summed E-state index contributed by atoms with van der Waals surface area (Å²) < 4.78 is 1.98. The van der Waals surface area contributed by atoms with Crippen LogP contribution in [0.15, 0.2) is 34.3 Å². The highest BCUT2D eigenvalue weighted by atomic mass is 32.2. The van der Waals surface area contributed by atoms with Crippen molar-refractivity contribution in [2.75, 3.05) is 17.3 Å². The van der Waals surface area contributed by atoms with Gasteiger partial charge in [-0.25, -0.2) is 0 Å². The number of hydrogen-bond acceptors (Lipinski definition) is 6. The number of rotatable bonds is 10. The third-order valence-electron chi connectivity index (χ3n) is 4.21. The highest BCUT2D eigenvalue weighted by Gasteiger charge is 2.30. The van der Waals surface area contributed by atoms with Crippen molar-refractivity contribution in [2.45, 2.75) is 48.2 Å². The molecule has 1 aromatic carbocycles. The molecule has 0 bridgehead atoms. The van der Waals surface area contributed by atoms with Crippen LogP contribution in [0, 0.1) is 0 Å². The van der Waals surface area contributed by atoms with Gasteiger partial charge in [-0.2, -0.15) is 0 Å². The second kappa shape index (κ2) is 9.27. The Balaban J connectivity index is 1.55. The minimum Gasteiger partial charge on any atom is -0.370 e. The summed E-state index contributed by atoms with van der Waals surface area (Å²) in [5, 5.41) is 12.2. The largest absolute Gasteiger partial charge is 0.370 e. The fourth-order valence-electron chi connectivity index (χ4n) is 2.68. The van der Waals surface area contributed by atoms with E-state index in [-0.39, 0.29) is 18.2 Å². The Bertz CT molecular complexity index is 820. The van der Waals surface area contributed by atoms with Crippen LogP contribution in [-0.2, 0) is 16.1 Å². The van der Waals surface area contributed by atoms with E-state index in [2.05, 4.69) is 15.5 Å². The molecule has 3 rings (SSSR count). The molecule has 2 aromatic rings. The molecule has 0 atom stereocenters. The number of hydrogen-bond donors (Lipinski definition) is 2. The highest BCUT2D eigenvalue weighted by Crippen LogP contribution is 2.40. The molecule has 1 aliphatic rings. The van der Waals surface area contributed by atoms with Crippen molar-refractivity contribution in [3.63, 3.8) is 0 Å². The number of carbonyl (C=O) groups is 2. The molecule has 0 aliphatic heterocycles. The van der Waals surface area contributed by atoms with Crippen molar-refractivity contribution < 1.29 is 9.59 Å². The fourth-order valence-corrected chi connectivity index (χ4v) is 4.14. The molecule has 1 aliphatic carbocycles. The van der Waals surface area contributed by atoms with Gasteiger partial charge < -0.3 is 15.6 Å². The van der Waals surface area contributed by atoms with Crippen LogP contribution in [0.25, 0.3) is 0 Å². The molecule has 0 radical (unpaired) electrons. The fraction of sp³-hybridized carbons (Fsp3) is 0.444. The van der Waals surface area contributed by atoms with Gasteiger partial charge in [0.1, 0.15) is 5.82 Å². The number of primary amides is 1. The van der Waals surface area contributed by atoms with Crippen molar-refractivity contribution in [1.29, 1.82) is 0 Å². The Labute approximate surface area is 166 Å². The summed E-state index contributed by atoms with van der Waals surface area (Å²) in [7, 11) is 0. The maximum Gasteiger partial charge on any atom is 0.225 e. The molecule has 3 N–H and O–H groups in total. The van der Waals surface area contributed by atoms with Gasteiger partial charge in [-0.05, 0) is 31.2 Å². The van der Waals surface area contributed by atoms with Crippen molar-refractivity contribution >= 4 is 41.0 Å². The number of nitrogens with two attached hydrogens (primary N) is 1. The summed E-state index contributed by atoms with van der Waals surface area (Å²) in [5.41, 5.74) is 6.12. The first-order valence-electron chi connectivity index (χ1n) is 8.85. The molecule has 1 aromatic heterocycles. The predicted molar refractivity (Wildman–Crippen MR) is 108 cm³/mol. The van der Waals surface area contributed by atoms with Crippen molar-refractivity contribution in [1.82, 2.24) is 14.8 Å². The molecule has 1 saturated carbocycles. The highest BCUT2D eigenvalue weighted by molar-refractivity contribution is 7.99. The van der Waals surface area contributed by atoms with Gasteiger partial charge in [0, 0.05) is 36.0 Å². The normalized spacial score (nSPS) is 13.5. The molecule has 144 valence electrons. The van der Waals surface area contributed by atoms with E-state index >= 15 is 0 Å². The monoisotopic (exact) mass is 405 g/mol. The number of amides is 2. The first kappa shape index (κ1) is 19.8. The van der Waals surface area contributed by atoms with E-state index < -0.39 is 0 Å². The van der Waals surface area contributed by atoms with E-state index in [1.54, 1.807) is 11.8 Å². The SMILES string of the molecule is CSc1ccccc1NC(=O)CCSc1nnc(C2CC2)n1CCC(N)=O. The van der Waals surface area contributed by atoms with Gasteiger partial charge in [-0.3, -0.25) is 9.59 Å². The van der Waals surface area contributed by atoms with Crippen LogP contribution in [0.1, 0.15) is 37.4 Å². The summed E-state index contributed by atoms with van der Waals surface area (Å²) in [5.74, 6) is 1.58. The van der Waals surface area contributed by atoms with Gasteiger partial charge in [0.2, 0.25) is 11.8 Å². The lowest BCUT2D eigenvalue weighted by molar-refractivity contribution is -0.118. The molecule has 0 unspecified atom stereocenters. The van der Waals surface area contributed by atoms with Gasteiger partial charge in [0.25, 0.3) is 0 Å². The first-order chi connectivity index (χ1) is 13.1. The van der Waals surface area contributed by atoms with E-state index in [0.29, 0.717) is 24.6 Å². The summed E-state index contributed by atoms with van der Waals surface area (Å²) in [4.78, 5) is 24.4. The van der Waals surface area contributed by atoms with Crippen LogP contribution in [0.3, 0.4) is 0 Å². The second-order valence-corrected chi connectivity index (χ2v) is 8.24. The number of nitrogens with zero attached hydrogens (tertiary/aromatic N) is 3. The van der Waals surface area contributed by atoms with Crippen LogP contribution in [0.4, 0.5) is 5.69 Å². The lowest BCUT2D eigenvalue weighted by Crippen LogP contribution is -2.16. The van der Waals surface area contributed by atoms with Gasteiger partial charge >= 0.3 is 0 Å². The van der Waals surface area contributed by atoms with E-state index in [9.17, 15) is 9.59 Å². The number of anilines is 1. The van der Waals surface area contributed by atoms with Crippen molar-refractivity contribution in [3.8, 4) is 0 Å². The predicted octanol–water partition coefficient (Wildman–Crippen LogP) is 2.87. The van der Waals surface area contributed by atoms with Crippen LogP contribution in [0.5, 0.6) is 0 Å². The molecule has 1 fully saturated rings. The number of nitrogens with one attached hydrogen (secondary N) is 1. The van der Waals surface area contributed by atoms with Crippen LogP contribution >= 0.6 is 23.5 Å². The number of carbonyl (C=O) groups excluding carboxylic acids is 2. The van der Waals surface area contributed by atoms with Gasteiger partial charge in [0.05, 0.1) is 5.69 Å². The lowest BCUT2D eigenvalue weighted by atomic mass is 10.3. The van der Waals surface area contributed by atoms with E-state index in [4.69, 9.17) is 5.73 Å². The van der Waals surface area contributed by atoms with E-state index in [1.165, 1.54) is 11.8 Å². The maximum absolute atomic E-state index is 12.3. The molecule has 9 heteroatoms. The quantitative estimate of drug-likeness (QED) is 0.589. The molecule has 0 spiro atoms. The topological polar surface area (TPSA) is 103 Å². The average Bonchev–Trinajstić information content (AvgIpc) is 3.41. The molecular weight excluding hydrogens is 382 g/mol. The van der Waals surface area contributed by atoms with Crippen molar-refractivity contribution in [2.24, 2.45) is 5.73 Å². The Hall–Kier alpha value is -2.00. The standard InChI is InChI=1S/C18H23N5O2S2/c1-26-14-5-3-2-4-13(14)20-16(25)9-11-27-18-22-21-17(12-6-7-12)23(18)10-8-15(19)24/h2-5,12H,6-11H2,1H3,(H2,19,24)(H,20,25). The molecule has 0 saturated heterocycles. The third-order valence-corrected chi connectivity index (χ3v) is 5.98. The smallest absolute Gasteiger partial charge is 0.225 e. The summed E-state index contributed by atoms with van der Waals surface area (Å²) in [6, 6.07) is 7.74. The molecule has 27 heavy (non-hydrogen) atoms. The molecule has 1 heterocycles. The third kappa shape index (κ3) is 5.49. The van der Waals surface area contributed by atoms with E-state index in [1.807, 2.05) is 35.1 Å². The zero-order valence-electron chi connectivity index (χ0n) is 15.2. The molecule has 2 amide bonds. The number of para-hydroxylation sites is 1. The lowest BCUT2D eigenvalue weighted by Gasteiger charge is -2.10. The van der Waals surface area contributed by atoms with Gasteiger partial charge in [0.15, 0.2) is 5.16 Å². The number of aromatic nitrogens is 3. The minimum absolute atomic E-state index is 0.0328. The Morgan fingerprint density at radius 2 is 2.04 bits per heavy atom. The molecular formula is C18H23N5O2S2.